The highest BCUT2D eigenvalue weighted by Gasteiger charge is 2.07. The molecule has 3 N–H and O–H groups in total. The van der Waals surface area contributed by atoms with Gasteiger partial charge in [-0.15, -0.1) is 0 Å². The fourth-order valence-electron chi connectivity index (χ4n) is 1.55. The molecule has 0 unspecified atom stereocenters. The molecule has 0 saturated carbocycles. The van der Waals surface area contributed by atoms with E-state index in [0.717, 1.165) is 30.4 Å². The van der Waals surface area contributed by atoms with Gasteiger partial charge in [-0.05, 0) is 78.1 Å². The van der Waals surface area contributed by atoms with Crippen LogP contribution in [0.25, 0.3) is 0 Å². The Labute approximate surface area is 142 Å². The number of nitrogens with one attached hydrogen (secondary N) is 1. The molecule has 0 aliphatic rings. The molecule has 0 spiro atoms. The number of nitrogens with two attached hydrogens (primary N) is 1. The third-order valence-electron chi connectivity index (χ3n) is 2.47. The third-order valence-corrected chi connectivity index (χ3v) is 4.66. The van der Waals surface area contributed by atoms with Crippen LogP contribution in [0.5, 0.6) is 0 Å². The minimum atomic E-state index is 0.375. The molecule has 19 heavy (non-hydrogen) atoms. The van der Waals surface area contributed by atoms with E-state index in [9.17, 15) is 0 Å². The zero-order valence-electron chi connectivity index (χ0n) is 9.58. The zero-order valence-corrected chi connectivity index (χ0v) is 15.2. The highest BCUT2D eigenvalue weighted by Crippen LogP contribution is 2.34. The molecule has 0 aliphatic carbocycles. The zero-order chi connectivity index (χ0) is 14.0. The summed E-state index contributed by atoms with van der Waals surface area (Å²) in [6, 6.07) is 11.7. The van der Waals surface area contributed by atoms with E-state index >= 15 is 0 Å². The first-order valence-electron chi connectivity index (χ1n) is 5.29. The average Bonchev–Trinajstić information content (AvgIpc) is 2.33. The van der Waals surface area contributed by atoms with Crippen molar-refractivity contribution in [2.75, 3.05) is 5.32 Å². The molecule has 0 fully saturated rings. The Hall–Kier alpha value is -0.430. The Bertz CT molecular complexity index is 624. The van der Waals surface area contributed by atoms with Gasteiger partial charge in [-0.25, -0.2) is 0 Å². The molecule has 0 radical (unpaired) electrons. The number of anilines is 2. The van der Waals surface area contributed by atoms with Gasteiger partial charge in [0.1, 0.15) is 4.99 Å². The summed E-state index contributed by atoms with van der Waals surface area (Å²) in [7, 11) is 0. The van der Waals surface area contributed by atoms with Crippen molar-refractivity contribution >= 4 is 76.4 Å². The quantitative estimate of drug-likeness (QED) is 0.601. The second kappa shape index (κ2) is 6.35. The Morgan fingerprint density at radius 2 is 1.63 bits per heavy atom. The first kappa shape index (κ1) is 15.0. The number of para-hydroxylation sites is 1. The molecule has 0 amide bonds. The lowest BCUT2D eigenvalue weighted by Crippen LogP contribution is -2.10. The van der Waals surface area contributed by atoms with Crippen LogP contribution in [0.2, 0.25) is 0 Å². The predicted molar refractivity (Wildman–Crippen MR) is 95.2 cm³/mol. The molecule has 0 bridgehead atoms. The SMILES string of the molecule is NC(=S)c1ccc(Nc2c(Br)cccc2Br)cc1Br. The van der Waals surface area contributed by atoms with Crippen LogP contribution in [0, 0.1) is 0 Å². The van der Waals surface area contributed by atoms with E-state index in [-0.39, 0.29) is 0 Å². The van der Waals surface area contributed by atoms with E-state index in [4.69, 9.17) is 18.0 Å². The number of hydrogen-bond acceptors (Lipinski definition) is 2. The van der Waals surface area contributed by atoms with E-state index in [2.05, 4.69) is 53.1 Å². The van der Waals surface area contributed by atoms with Crippen LogP contribution in [-0.2, 0) is 0 Å². The van der Waals surface area contributed by atoms with Crippen LogP contribution in [0.15, 0.2) is 49.8 Å². The number of benzene rings is 2. The fraction of sp³-hybridized carbons (Fsp3) is 0. The van der Waals surface area contributed by atoms with Crippen molar-refractivity contribution in [3.05, 3.63) is 55.4 Å². The van der Waals surface area contributed by atoms with Gasteiger partial charge in [-0.2, -0.15) is 0 Å². The first-order chi connectivity index (χ1) is 8.99. The summed E-state index contributed by atoms with van der Waals surface area (Å²) >= 11 is 15.5. The molecule has 98 valence electrons. The molecule has 0 atom stereocenters. The minimum Gasteiger partial charge on any atom is -0.389 e. The molecular formula is C13H9Br3N2S. The normalized spacial score (nSPS) is 10.3. The predicted octanol–water partition coefficient (Wildman–Crippen LogP) is 5.35. The Balaban J connectivity index is 2.34. The van der Waals surface area contributed by atoms with E-state index in [1.807, 2.05) is 36.4 Å². The van der Waals surface area contributed by atoms with Gasteiger partial charge in [0.2, 0.25) is 0 Å². The number of rotatable bonds is 3. The number of hydrogen-bond donors (Lipinski definition) is 2. The van der Waals surface area contributed by atoms with Crippen molar-refractivity contribution in [1.29, 1.82) is 0 Å². The van der Waals surface area contributed by atoms with Crippen LogP contribution < -0.4 is 11.1 Å². The maximum Gasteiger partial charge on any atom is 0.105 e. The van der Waals surface area contributed by atoms with Gasteiger partial charge in [0.25, 0.3) is 0 Å². The largest absolute Gasteiger partial charge is 0.389 e. The summed E-state index contributed by atoms with van der Waals surface area (Å²) in [5, 5.41) is 3.34. The smallest absolute Gasteiger partial charge is 0.105 e. The first-order valence-corrected chi connectivity index (χ1v) is 8.08. The van der Waals surface area contributed by atoms with Gasteiger partial charge in [-0.3, -0.25) is 0 Å². The van der Waals surface area contributed by atoms with Crippen molar-refractivity contribution in [3.8, 4) is 0 Å². The molecule has 0 heterocycles. The molecule has 2 nitrogen and oxygen atoms in total. The van der Waals surface area contributed by atoms with Gasteiger partial charge in [0.05, 0.1) is 5.69 Å². The van der Waals surface area contributed by atoms with Crippen molar-refractivity contribution < 1.29 is 0 Å². The molecule has 2 aromatic carbocycles. The lowest BCUT2D eigenvalue weighted by molar-refractivity contribution is 1.48. The average molecular weight is 465 g/mol. The third kappa shape index (κ3) is 3.56. The second-order valence-corrected chi connectivity index (χ2v) is 6.78. The van der Waals surface area contributed by atoms with E-state index in [1.165, 1.54) is 0 Å². The summed E-state index contributed by atoms with van der Waals surface area (Å²) in [5.41, 5.74) is 8.37. The van der Waals surface area contributed by atoms with Gasteiger partial charge in [0.15, 0.2) is 0 Å². The molecule has 6 heteroatoms. The van der Waals surface area contributed by atoms with Crippen LogP contribution >= 0.6 is 60.0 Å². The topological polar surface area (TPSA) is 38.0 Å². The molecule has 0 aromatic heterocycles. The molecule has 2 aromatic rings. The van der Waals surface area contributed by atoms with Crippen LogP contribution in [-0.4, -0.2) is 4.99 Å². The lowest BCUT2D eigenvalue weighted by atomic mass is 10.2. The van der Waals surface area contributed by atoms with E-state index < -0.39 is 0 Å². The molecule has 0 aliphatic heterocycles. The highest BCUT2D eigenvalue weighted by molar-refractivity contribution is 9.11. The fourth-order valence-corrected chi connectivity index (χ4v) is 3.65. The minimum absolute atomic E-state index is 0.375. The maximum absolute atomic E-state index is 5.63. The summed E-state index contributed by atoms with van der Waals surface area (Å²) in [6.07, 6.45) is 0. The standard InChI is InChI=1S/C13H9Br3N2S/c14-9-2-1-3-10(15)12(9)18-7-4-5-8(13(17)19)11(16)6-7/h1-6,18H,(H2,17,19). The van der Waals surface area contributed by atoms with Gasteiger partial charge in [0, 0.05) is 24.7 Å². The van der Waals surface area contributed by atoms with E-state index in [0.29, 0.717) is 4.99 Å². The van der Waals surface area contributed by atoms with E-state index in [1.54, 1.807) is 0 Å². The monoisotopic (exact) mass is 462 g/mol. The summed E-state index contributed by atoms with van der Waals surface area (Å²) < 4.78 is 2.83. The molecule has 2 rings (SSSR count). The van der Waals surface area contributed by atoms with Gasteiger partial charge >= 0.3 is 0 Å². The van der Waals surface area contributed by atoms with Crippen molar-refractivity contribution in [2.24, 2.45) is 5.73 Å². The summed E-state index contributed by atoms with van der Waals surface area (Å²) in [5.74, 6) is 0. The van der Waals surface area contributed by atoms with Crippen molar-refractivity contribution in [1.82, 2.24) is 0 Å². The molecular weight excluding hydrogens is 456 g/mol. The Kier molecular flexibility index (Phi) is 5.00. The van der Waals surface area contributed by atoms with Crippen LogP contribution in [0.4, 0.5) is 11.4 Å². The van der Waals surface area contributed by atoms with Crippen molar-refractivity contribution in [2.45, 2.75) is 0 Å². The highest BCUT2D eigenvalue weighted by atomic mass is 79.9. The van der Waals surface area contributed by atoms with Crippen LogP contribution in [0.1, 0.15) is 5.56 Å². The lowest BCUT2D eigenvalue weighted by Gasteiger charge is -2.12. The Morgan fingerprint density at radius 1 is 1.00 bits per heavy atom. The van der Waals surface area contributed by atoms with Gasteiger partial charge in [-0.1, -0.05) is 18.3 Å². The van der Waals surface area contributed by atoms with Gasteiger partial charge < -0.3 is 11.1 Å². The Morgan fingerprint density at radius 3 is 2.16 bits per heavy atom. The number of thiocarbonyl (C=S) groups is 1. The summed E-state index contributed by atoms with van der Waals surface area (Å²) in [6.45, 7) is 0. The van der Waals surface area contributed by atoms with Crippen molar-refractivity contribution in [3.63, 3.8) is 0 Å². The number of halogens is 3. The summed E-state index contributed by atoms with van der Waals surface area (Å²) in [4.78, 5) is 0.375. The molecule has 0 saturated heterocycles. The second-order valence-electron chi connectivity index (χ2n) is 3.78. The van der Waals surface area contributed by atoms with Crippen LogP contribution in [0.3, 0.4) is 0 Å². The maximum atomic E-state index is 5.63.